The van der Waals surface area contributed by atoms with Crippen molar-refractivity contribution < 1.29 is 19.1 Å². The summed E-state index contributed by atoms with van der Waals surface area (Å²) in [5.41, 5.74) is 4.06. The lowest BCUT2D eigenvalue weighted by molar-refractivity contribution is -0.150. The first-order chi connectivity index (χ1) is 12.9. The van der Waals surface area contributed by atoms with Crippen LogP contribution in [0.4, 0.5) is 5.95 Å². The van der Waals surface area contributed by atoms with Crippen molar-refractivity contribution in [2.24, 2.45) is 0 Å². The summed E-state index contributed by atoms with van der Waals surface area (Å²) >= 11 is 0. The molecular formula is C17H27N5O5Si. The number of nitrogens with one attached hydrogen (secondary N) is 1. The van der Waals surface area contributed by atoms with Crippen LogP contribution in [0.25, 0.3) is 11.2 Å². The summed E-state index contributed by atoms with van der Waals surface area (Å²) in [6.45, 7) is 9.90. The van der Waals surface area contributed by atoms with Gasteiger partial charge in [-0.3, -0.25) is 19.1 Å². The number of nitrogens with two attached hydrogens (primary N) is 1. The fraction of sp³-hybridized carbons (Fsp3) is 0.647. The Balaban J connectivity index is 2.00. The molecule has 2 aromatic rings. The van der Waals surface area contributed by atoms with Gasteiger partial charge in [-0.15, -0.1) is 0 Å². The number of carbonyl (C=O) groups excluding carboxylic acids is 1. The molecule has 11 heteroatoms. The normalized spacial score (nSPS) is 26.1. The van der Waals surface area contributed by atoms with Crippen molar-refractivity contribution in [3.8, 4) is 0 Å². The molecule has 0 amide bonds. The van der Waals surface area contributed by atoms with Crippen molar-refractivity contribution >= 4 is 31.7 Å². The van der Waals surface area contributed by atoms with Gasteiger partial charge in [-0.25, -0.2) is 4.98 Å². The number of rotatable bonds is 5. The largest absolute Gasteiger partial charge is 0.410 e. The van der Waals surface area contributed by atoms with Crippen LogP contribution in [0.3, 0.4) is 0 Å². The molecule has 3 heterocycles. The third kappa shape index (κ3) is 3.28. The zero-order valence-corrected chi connectivity index (χ0v) is 17.7. The van der Waals surface area contributed by atoms with Gasteiger partial charge in [0.2, 0.25) is 5.95 Å². The first-order valence-corrected chi connectivity index (χ1v) is 12.0. The Morgan fingerprint density at radius 2 is 2.21 bits per heavy atom. The standard InChI is InChI=1S/C17H27N5O5Si/c1-16(2,3)28(4,5)27-10-6-11(26-17(10,7-23)8-24)22-9-19-12-13(22)20-15(18)21-14(12)25/h7,9-11,24H,6,8H2,1-5H3,(H3,18,20,21,25)/t10?,11-,17-/m1/s1. The highest BCUT2D eigenvalue weighted by atomic mass is 28.4. The van der Waals surface area contributed by atoms with Gasteiger partial charge < -0.3 is 20.0 Å². The van der Waals surface area contributed by atoms with Crippen LogP contribution in [0.2, 0.25) is 18.1 Å². The van der Waals surface area contributed by atoms with Crippen LogP contribution in [0, 0.1) is 0 Å². The summed E-state index contributed by atoms with van der Waals surface area (Å²) in [5.74, 6) is -0.0462. The van der Waals surface area contributed by atoms with Gasteiger partial charge in [0.25, 0.3) is 5.56 Å². The molecule has 0 bridgehead atoms. The minimum absolute atomic E-state index is 0.0462. The fourth-order valence-electron chi connectivity index (χ4n) is 3.04. The molecule has 0 radical (unpaired) electrons. The highest BCUT2D eigenvalue weighted by molar-refractivity contribution is 6.74. The van der Waals surface area contributed by atoms with E-state index < -0.39 is 38.4 Å². The number of anilines is 1. The average Bonchev–Trinajstić information content (AvgIpc) is 3.15. The van der Waals surface area contributed by atoms with Crippen molar-refractivity contribution in [1.82, 2.24) is 19.5 Å². The van der Waals surface area contributed by atoms with E-state index in [0.717, 1.165) is 0 Å². The van der Waals surface area contributed by atoms with Crippen molar-refractivity contribution in [2.75, 3.05) is 12.3 Å². The highest BCUT2D eigenvalue weighted by Crippen LogP contribution is 2.44. The summed E-state index contributed by atoms with van der Waals surface area (Å²) in [6.07, 6.45) is 0.978. The predicted molar refractivity (Wildman–Crippen MR) is 105 cm³/mol. The summed E-state index contributed by atoms with van der Waals surface area (Å²) < 4.78 is 13.9. The Hall–Kier alpha value is -2.08. The van der Waals surface area contributed by atoms with Crippen LogP contribution in [-0.4, -0.2) is 57.5 Å². The molecule has 0 spiro atoms. The molecule has 3 rings (SSSR count). The van der Waals surface area contributed by atoms with Crippen LogP contribution in [0.1, 0.15) is 33.4 Å². The Kier molecular flexibility index (Phi) is 4.98. The second-order valence-corrected chi connectivity index (χ2v) is 13.4. The molecule has 2 aromatic heterocycles. The number of fused-ring (bicyclic) bond motifs is 1. The summed E-state index contributed by atoms with van der Waals surface area (Å²) in [6, 6.07) is 0. The van der Waals surface area contributed by atoms with Gasteiger partial charge in [-0.2, -0.15) is 4.98 Å². The van der Waals surface area contributed by atoms with E-state index in [1.54, 1.807) is 4.57 Å². The molecule has 3 atom stereocenters. The molecule has 1 aliphatic rings. The number of aliphatic hydroxyl groups is 1. The van der Waals surface area contributed by atoms with Crippen LogP contribution >= 0.6 is 0 Å². The van der Waals surface area contributed by atoms with Crippen molar-refractivity contribution in [3.05, 3.63) is 16.7 Å². The van der Waals surface area contributed by atoms with Crippen LogP contribution in [-0.2, 0) is 14.0 Å². The van der Waals surface area contributed by atoms with Gasteiger partial charge in [-0.05, 0) is 18.1 Å². The van der Waals surface area contributed by atoms with Crippen LogP contribution < -0.4 is 11.3 Å². The zero-order valence-electron chi connectivity index (χ0n) is 16.7. The van der Waals surface area contributed by atoms with E-state index in [9.17, 15) is 14.7 Å². The van der Waals surface area contributed by atoms with Crippen molar-refractivity contribution in [2.45, 2.75) is 63.3 Å². The quantitative estimate of drug-likeness (QED) is 0.488. The van der Waals surface area contributed by atoms with E-state index in [0.29, 0.717) is 12.7 Å². The molecule has 0 aliphatic carbocycles. The third-order valence-electron chi connectivity index (χ3n) is 5.77. The maximum absolute atomic E-state index is 12.0. The number of aldehydes is 1. The SMILES string of the molecule is CC(C)(C)[Si](C)(C)OC1C[C@H](n2cnc3c(=O)[nH]c(N)nc32)O[C@]1(C=O)CO. The maximum Gasteiger partial charge on any atom is 0.280 e. The summed E-state index contributed by atoms with van der Waals surface area (Å²) in [5, 5.41) is 9.88. The van der Waals surface area contributed by atoms with Crippen molar-refractivity contribution in [3.63, 3.8) is 0 Å². The van der Waals surface area contributed by atoms with E-state index >= 15 is 0 Å². The molecule has 4 N–H and O–H groups in total. The summed E-state index contributed by atoms with van der Waals surface area (Å²) in [4.78, 5) is 34.6. The molecule has 1 aliphatic heterocycles. The number of hydrogen-bond donors (Lipinski definition) is 3. The molecule has 1 saturated heterocycles. The van der Waals surface area contributed by atoms with Gasteiger partial charge in [0.1, 0.15) is 6.23 Å². The number of imidazole rings is 1. The number of nitrogens with zero attached hydrogens (tertiary/aromatic N) is 3. The number of aromatic amines is 1. The molecule has 0 aromatic carbocycles. The van der Waals surface area contributed by atoms with E-state index in [4.69, 9.17) is 14.9 Å². The molecule has 154 valence electrons. The third-order valence-corrected chi connectivity index (χ3v) is 10.3. The van der Waals surface area contributed by atoms with Gasteiger partial charge in [0.15, 0.2) is 31.4 Å². The summed E-state index contributed by atoms with van der Waals surface area (Å²) in [7, 11) is -2.24. The average molecular weight is 410 g/mol. The Morgan fingerprint density at radius 1 is 1.54 bits per heavy atom. The maximum atomic E-state index is 12.0. The fourth-order valence-corrected chi connectivity index (χ4v) is 4.40. The molecule has 28 heavy (non-hydrogen) atoms. The highest BCUT2D eigenvalue weighted by Gasteiger charge is 2.53. The number of H-pyrrole nitrogens is 1. The number of ether oxygens (including phenoxy) is 1. The Bertz CT molecular complexity index is 950. The van der Waals surface area contributed by atoms with E-state index in [1.165, 1.54) is 6.33 Å². The molecule has 1 unspecified atom stereocenters. The van der Waals surface area contributed by atoms with E-state index in [-0.39, 0.29) is 22.2 Å². The molecule has 10 nitrogen and oxygen atoms in total. The Morgan fingerprint density at radius 3 is 2.79 bits per heavy atom. The zero-order chi connectivity index (χ0) is 20.9. The minimum atomic E-state index is -2.24. The Labute approximate surface area is 163 Å². The van der Waals surface area contributed by atoms with Crippen LogP contribution in [0.5, 0.6) is 0 Å². The van der Waals surface area contributed by atoms with Gasteiger partial charge in [0.05, 0.1) is 19.0 Å². The number of carbonyl (C=O) groups is 1. The second kappa shape index (κ2) is 6.76. The molecular weight excluding hydrogens is 382 g/mol. The molecule has 1 fully saturated rings. The van der Waals surface area contributed by atoms with Gasteiger partial charge >= 0.3 is 0 Å². The number of aliphatic hydroxyl groups excluding tert-OH is 1. The van der Waals surface area contributed by atoms with Crippen molar-refractivity contribution in [1.29, 1.82) is 0 Å². The van der Waals surface area contributed by atoms with Gasteiger partial charge in [-0.1, -0.05) is 20.8 Å². The van der Waals surface area contributed by atoms with Crippen LogP contribution in [0.15, 0.2) is 11.1 Å². The molecule has 0 saturated carbocycles. The monoisotopic (exact) mass is 409 g/mol. The lowest BCUT2D eigenvalue weighted by Gasteiger charge is -2.40. The first-order valence-electron chi connectivity index (χ1n) is 9.09. The number of nitrogen functional groups attached to an aromatic ring is 1. The van der Waals surface area contributed by atoms with E-state index in [1.807, 2.05) is 0 Å². The van der Waals surface area contributed by atoms with Gasteiger partial charge in [0, 0.05) is 6.42 Å². The minimum Gasteiger partial charge on any atom is -0.410 e. The first kappa shape index (κ1) is 20.6. The van der Waals surface area contributed by atoms with E-state index in [2.05, 4.69) is 48.8 Å². The predicted octanol–water partition coefficient (Wildman–Crippen LogP) is 0.941. The lowest BCUT2D eigenvalue weighted by Crippen LogP contribution is -2.53. The number of aromatic nitrogens is 4. The lowest BCUT2D eigenvalue weighted by atomic mass is 10.00. The second-order valence-electron chi connectivity index (χ2n) is 8.68. The number of hydrogen-bond acceptors (Lipinski definition) is 8. The topological polar surface area (TPSA) is 145 Å². The smallest absolute Gasteiger partial charge is 0.280 e.